The largest absolute Gasteiger partial charge is 0.550 e. The fourth-order valence-electron chi connectivity index (χ4n) is 2.06. The standard InChI is InChI=1S/C22H34O3/c1-2-3-4-5-12-15-18-21(23)19-16-13-10-8-6-7-9-11-14-17-20-22(24)25/h6-7,10-16,19,21,23H,2-5,8-9,17-18,20H2,1H3,(H,24,25)/p-1/b7-6-,13-10-,14-11-,15-12-,19-16+/t21-/m0/s1. The maximum Gasteiger partial charge on any atom is 0.0758 e. The van der Waals surface area contributed by atoms with E-state index in [9.17, 15) is 15.0 Å². The highest BCUT2D eigenvalue weighted by Crippen LogP contribution is 2.02. The van der Waals surface area contributed by atoms with Crippen LogP contribution in [0, 0.1) is 0 Å². The van der Waals surface area contributed by atoms with Gasteiger partial charge in [0.25, 0.3) is 0 Å². The summed E-state index contributed by atoms with van der Waals surface area (Å²) in [5.74, 6) is -1.01. The van der Waals surface area contributed by atoms with E-state index in [1.807, 2.05) is 36.5 Å². The zero-order valence-corrected chi connectivity index (χ0v) is 15.5. The number of hydrogen-bond donors (Lipinski definition) is 1. The first kappa shape index (κ1) is 23.1. The number of unbranched alkanes of at least 4 members (excludes halogenated alkanes) is 3. The molecule has 25 heavy (non-hydrogen) atoms. The van der Waals surface area contributed by atoms with E-state index in [1.54, 1.807) is 6.08 Å². The Morgan fingerprint density at radius 1 is 0.920 bits per heavy atom. The van der Waals surface area contributed by atoms with Gasteiger partial charge >= 0.3 is 0 Å². The highest BCUT2D eigenvalue weighted by molar-refractivity contribution is 5.64. The average Bonchev–Trinajstić information content (AvgIpc) is 2.58. The van der Waals surface area contributed by atoms with E-state index in [-0.39, 0.29) is 6.42 Å². The van der Waals surface area contributed by atoms with Gasteiger partial charge in [-0.05, 0) is 44.9 Å². The van der Waals surface area contributed by atoms with Crippen molar-refractivity contribution in [3.8, 4) is 0 Å². The van der Waals surface area contributed by atoms with Gasteiger partial charge < -0.3 is 15.0 Å². The summed E-state index contributed by atoms with van der Waals surface area (Å²) in [7, 11) is 0. The molecule has 0 fully saturated rings. The van der Waals surface area contributed by atoms with Crippen molar-refractivity contribution in [3.05, 3.63) is 60.8 Å². The molecular weight excluding hydrogens is 312 g/mol. The monoisotopic (exact) mass is 345 g/mol. The molecule has 1 atom stereocenters. The molecule has 0 amide bonds. The Kier molecular flexibility index (Phi) is 17.1. The normalized spacial score (nSPS) is 14.0. The summed E-state index contributed by atoms with van der Waals surface area (Å²) in [6.45, 7) is 2.20. The van der Waals surface area contributed by atoms with Crippen LogP contribution in [0.4, 0.5) is 0 Å². The molecule has 0 rings (SSSR count). The molecular formula is C22H33O3-. The van der Waals surface area contributed by atoms with Crippen LogP contribution >= 0.6 is 0 Å². The van der Waals surface area contributed by atoms with Gasteiger partial charge in [-0.15, -0.1) is 0 Å². The first-order valence-corrected chi connectivity index (χ1v) is 9.33. The van der Waals surface area contributed by atoms with Gasteiger partial charge in [-0.2, -0.15) is 0 Å². The van der Waals surface area contributed by atoms with Crippen LogP contribution in [0.15, 0.2) is 60.8 Å². The molecule has 0 saturated carbocycles. The van der Waals surface area contributed by atoms with Crippen molar-refractivity contribution in [2.75, 3.05) is 0 Å². The van der Waals surface area contributed by atoms with Gasteiger partial charge in [0.05, 0.1) is 6.10 Å². The first-order chi connectivity index (χ1) is 12.2. The number of carbonyl (C=O) groups is 1. The van der Waals surface area contributed by atoms with Crippen LogP contribution in [0.5, 0.6) is 0 Å². The number of allylic oxidation sites excluding steroid dienone is 8. The van der Waals surface area contributed by atoms with Gasteiger partial charge in [-0.1, -0.05) is 80.5 Å². The maximum absolute atomic E-state index is 10.2. The summed E-state index contributed by atoms with van der Waals surface area (Å²) in [6.07, 6.45) is 27.1. The van der Waals surface area contributed by atoms with Crippen molar-refractivity contribution >= 4 is 5.97 Å². The third kappa shape index (κ3) is 20.1. The molecule has 0 aliphatic heterocycles. The smallest absolute Gasteiger partial charge is 0.0758 e. The summed E-state index contributed by atoms with van der Waals surface area (Å²) in [5.41, 5.74) is 0. The Labute approximate surface area is 153 Å². The predicted molar refractivity (Wildman–Crippen MR) is 104 cm³/mol. The van der Waals surface area contributed by atoms with Gasteiger partial charge in [-0.25, -0.2) is 0 Å². The van der Waals surface area contributed by atoms with Crippen LogP contribution in [-0.2, 0) is 4.79 Å². The SMILES string of the molecule is CCCCC/C=C\C[C@H](O)/C=C/C=C\C/C=C\C/C=C\CCC(=O)[O-]. The number of carboxylic acid groups (broad SMARTS) is 1. The molecule has 0 radical (unpaired) electrons. The summed E-state index contributed by atoms with van der Waals surface area (Å²) in [4.78, 5) is 10.2. The molecule has 3 nitrogen and oxygen atoms in total. The van der Waals surface area contributed by atoms with Crippen LogP contribution in [0.2, 0.25) is 0 Å². The molecule has 140 valence electrons. The quantitative estimate of drug-likeness (QED) is 0.272. The number of rotatable bonds is 15. The molecule has 0 aliphatic rings. The average molecular weight is 346 g/mol. The van der Waals surface area contributed by atoms with Crippen LogP contribution in [0.3, 0.4) is 0 Å². The third-order valence-corrected chi connectivity index (χ3v) is 3.49. The van der Waals surface area contributed by atoms with Gasteiger partial charge in [0.1, 0.15) is 0 Å². The fourth-order valence-corrected chi connectivity index (χ4v) is 2.06. The molecule has 0 spiro atoms. The van der Waals surface area contributed by atoms with E-state index in [1.165, 1.54) is 19.3 Å². The number of hydrogen-bond acceptors (Lipinski definition) is 3. The number of aliphatic carboxylic acids is 1. The highest BCUT2D eigenvalue weighted by atomic mass is 16.4. The van der Waals surface area contributed by atoms with Crippen molar-refractivity contribution in [1.29, 1.82) is 0 Å². The van der Waals surface area contributed by atoms with E-state index in [0.717, 1.165) is 19.3 Å². The van der Waals surface area contributed by atoms with Gasteiger partial charge in [0, 0.05) is 5.97 Å². The molecule has 0 aromatic carbocycles. The van der Waals surface area contributed by atoms with Gasteiger partial charge in [-0.3, -0.25) is 0 Å². The molecule has 1 N–H and O–H groups in total. The predicted octanol–water partition coefficient (Wildman–Crippen LogP) is 4.41. The molecule has 0 aromatic heterocycles. The summed E-state index contributed by atoms with van der Waals surface area (Å²) >= 11 is 0. The summed E-state index contributed by atoms with van der Waals surface area (Å²) in [5, 5.41) is 20.0. The second kappa shape index (κ2) is 18.5. The van der Waals surface area contributed by atoms with Crippen LogP contribution in [0.1, 0.15) is 64.7 Å². The Hall–Kier alpha value is -1.87. The van der Waals surface area contributed by atoms with E-state index in [4.69, 9.17) is 0 Å². The van der Waals surface area contributed by atoms with E-state index in [2.05, 4.69) is 25.2 Å². The van der Waals surface area contributed by atoms with Crippen LogP contribution in [0.25, 0.3) is 0 Å². The Morgan fingerprint density at radius 2 is 1.60 bits per heavy atom. The topological polar surface area (TPSA) is 60.4 Å². The summed E-state index contributed by atoms with van der Waals surface area (Å²) in [6, 6.07) is 0. The lowest BCUT2D eigenvalue weighted by Gasteiger charge is -1.99. The second-order valence-corrected chi connectivity index (χ2v) is 5.91. The van der Waals surface area contributed by atoms with Crippen molar-refractivity contribution in [3.63, 3.8) is 0 Å². The summed E-state index contributed by atoms with van der Waals surface area (Å²) < 4.78 is 0. The minimum absolute atomic E-state index is 0.0792. The lowest BCUT2D eigenvalue weighted by atomic mass is 10.1. The highest BCUT2D eigenvalue weighted by Gasteiger charge is 1.93. The van der Waals surface area contributed by atoms with Crippen LogP contribution in [-0.4, -0.2) is 17.2 Å². The van der Waals surface area contributed by atoms with Crippen molar-refractivity contribution in [2.45, 2.75) is 70.8 Å². The number of aliphatic hydroxyl groups excluding tert-OH is 1. The van der Waals surface area contributed by atoms with Crippen molar-refractivity contribution < 1.29 is 15.0 Å². The zero-order chi connectivity index (χ0) is 18.6. The number of carbonyl (C=O) groups excluding carboxylic acids is 1. The fraction of sp³-hybridized carbons (Fsp3) is 0.500. The molecule has 0 unspecified atom stereocenters. The molecule has 0 aromatic rings. The number of aliphatic hydroxyl groups is 1. The van der Waals surface area contributed by atoms with E-state index < -0.39 is 12.1 Å². The van der Waals surface area contributed by atoms with Gasteiger partial charge in [0.2, 0.25) is 0 Å². The Morgan fingerprint density at radius 3 is 2.32 bits per heavy atom. The van der Waals surface area contributed by atoms with Crippen molar-refractivity contribution in [1.82, 2.24) is 0 Å². The van der Waals surface area contributed by atoms with E-state index >= 15 is 0 Å². The first-order valence-electron chi connectivity index (χ1n) is 9.33. The molecule has 0 heterocycles. The zero-order valence-electron chi connectivity index (χ0n) is 15.5. The Balaban J connectivity index is 3.66. The number of carboxylic acids is 1. The molecule has 3 heteroatoms. The molecule has 0 saturated heterocycles. The van der Waals surface area contributed by atoms with E-state index in [0.29, 0.717) is 12.8 Å². The second-order valence-electron chi connectivity index (χ2n) is 5.91. The maximum atomic E-state index is 10.2. The van der Waals surface area contributed by atoms with Crippen LogP contribution < -0.4 is 5.11 Å². The van der Waals surface area contributed by atoms with Crippen molar-refractivity contribution in [2.24, 2.45) is 0 Å². The lowest BCUT2D eigenvalue weighted by Crippen LogP contribution is -2.21. The molecule has 0 bridgehead atoms. The Bertz CT molecular complexity index is 456. The minimum atomic E-state index is -1.01. The minimum Gasteiger partial charge on any atom is -0.550 e. The van der Waals surface area contributed by atoms with Gasteiger partial charge in [0.15, 0.2) is 0 Å². The lowest BCUT2D eigenvalue weighted by molar-refractivity contribution is -0.305. The molecule has 0 aliphatic carbocycles. The third-order valence-electron chi connectivity index (χ3n) is 3.49.